The summed E-state index contributed by atoms with van der Waals surface area (Å²) in [5.74, 6) is 0. The normalized spacial score (nSPS) is 14.8. The van der Waals surface area contributed by atoms with E-state index in [1.165, 1.54) is 15.4 Å². The number of allylic oxidation sites excluding steroid dienone is 1. The Hall–Kier alpha value is -1.15. The maximum Gasteiger partial charge on any atom is 0.0339 e. The van der Waals surface area contributed by atoms with Crippen LogP contribution in [-0.2, 0) is 0 Å². The second kappa shape index (κ2) is 4.38. The number of dihydropyridines is 1. The van der Waals surface area contributed by atoms with Crippen LogP contribution in [0.15, 0.2) is 52.4 Å². The largest absolute Gasteiger partial charge is 0.387 e. The van der Waals surface area contributed by atoms with Crippen LogP contribution in [0.3, 0.4) is 0 Å². The van der Waals surface area contributed by atoms with E-state index in [1.807, 2.05) is 18.0 Å². The Morgan fingerprint density at radius 1 is 1.21 bits per heavy atom. The first-order valence-electron chi connectivity index (χ1n) is 4.69. The van der Waals surface area contributed by atoms with Crippen molar-refractivity contribution < 1.29 is 0 Å². The van der Waals surface area contributed by atoms with Crippen molar-refractivity contribution >= 4 is 11.8 Å². The molecule has 0 fully saturated rings. The lowest BCUT2D eigenvalue weighted by molar-refractivity contribution is 0.969. The van der Waals surface area contributed by atoms with E-state index in [9.17, 15) is 0 Å². The number of nitrogens with one attached hydrogen (secondary N) is 1. The van der Waals surface area contributed by atoms with Crippen LogP contribution >= 0.6 is 11.8 Å². The SMILES string of the molecule is Cc1ccc(SC2=CCNC=C2)cc1. The minimum atomic E-state index is 0.935. The molecule has 0 radical (unpaired) electrons. The van der Waals surface area contributed by atoms with Crippen LogP contribution in [0, 0.1) is 6.92 Å². The Morgan fingerprint density at radius 3 is 2.64 bits per heavy atom. The molecule has 0 amide bonds. The van der Waals surface area contributed by atoms with Gasteiger partial charge in [-0.3, -0.25) is 0 Å². The molecule has 0 aromatic heterocycles. The molecule has 1 N–H and O–H groups in total. The Bertz CT molecular complexity index is 362. The summed E-state index contributed by atoms with van der Waals surface area (Å²) in [4.78, 5) is 2.61. The molecule has 0 aliphatic carbocycles. The van der Waals surface area contributed by atoms with Crippen molar-refractivity contribution in [2.45, 2.75) is 11.8 Å². The maximum atomic E-state index is 3.14. The van der Waals surface area contributed by atoms with Gasteiger partial charge in [0.15, 0.2) is 0 Å². The Labute approximate surface area is 88.9 Å². The number of hydrogen-bond donors (Lipinski definition) is 1. The molecule has 1 aromatic carbocycles. The molecular formula is C12H13NS. The van der Waals surface area contributed by atoms with E-state index < -0.39 is 0 Å². The predicted octanol–water partition coefficient (Wildman–Crippen LogP) is 3.09. The van der Waals surface area contributed by atoms with Crippen LogP contribution in [0.25, 0.3) is 0 Å². The van der Waals surface area contributed by atoms with Crippen LogP contribution in [0.4, 0.5) is 0 Å². The van der Waals surface area contributed by atoms with Crippen LogP contribution in [0.2, 0.25) is 0 Å². The lowest BCUT2D eigenvalue weighted by Gasteiger charge is -2.07. The van der Waals surface area contributed by atoms with Crippen LogP contribution in [0.1, 0.15) is 5.56 Å². The van der Waals surface area contributed by atoms with Gasteiger partial charge in [0.25, 0.3) is 0 Å². The van der Waals surface area contributed by atoms with Gasteiger partial charge < -0.3 is 5.32 Å². The zero-order valence-electron chi connectivity index (χ0n) is 8.16. The van der Waals surface area contributed by atoms with Crippen molar-refractivity contribution in [1.82, 2.24) is 5.32 Å². The van der Waals surface area contributed by atoms with Crippen LogP contribution < -0.4 is 5.32 Å². The van der Waals surface area contributed by atoms with Gasteiger partial charge in [-0.2, -0.15) is 0 Å². The third-order valence-corrected chi connectivity index (χ3v) is 3.09. The van der Waals surface area contributed by atoms with Crippen molar-refractivity contribution in [2.75, 3.05) is 6.54 Å². The maximum absolute atomic E-state index is 3.14. The third kappa shape index (κ3) is 2.42. The summed E-state index contributed by atoms with van der Waals surface area (Å²) in [7, 11) is 0. The lowest BCUT2D eigenvalue weighted by atomic mass is 10.2. The van der Waals surface area contributed by atoms with E-state index in [0.29, 0.717) is 0 Å². The molecular weight excluding hydrogens is 190 g/mol. The molecule has 0 unspecified atom stereocenters. The third-order valence-electron chi connectivity index (χ3n) is 2.04. The Kier molecular flexibility index (Phi) is 2.94. The molecule has 0 spiro atoms. The van der Waals surface area contributed by atoms with Gasteiger partial charge in [0.2, 0.25) is 0 Å². The molecule has 1 aromatic rings. The van der Waals surface area contributed by atoms with E-state index in [0.717, 1.165) is 6.54 Å². The summed E-state index contributed by atoms with van der Waals surface area (Å²) in [6.45, 7) is 3.04. The Balaban J connectivity index is 2.07. The fourth-order valence-corrected chi connectivity index (χ4v) is 2.10. The molecule has 2 rings (SSSR count). The van der Waals surface area contributed by atoms with Gasteiger partial charge in [-0.1, -0.05) is 35.5 Å². The van der Waals surface area contributed by atoms with Gasteiger partial charge in [-0.15, -0.1) is 0 Å². The first kappa shape index (κ1) is 9.41. The predicted molar refractivity (Wildman–Crippen MR) is 62.3 cm³/mol. The van der Waals surface area contributed by atoms with Crippen molar-refractivity contribution in [3.8, 4) is 0 Å². The van der Waals surface area contributed by atoms with E-state index >= 15 is 0 Å². The van der Waals surface area contributed by atoms with E-state index in [1.54, 1.807) is 0 Å². The van der Waals surface area contributed by atoms with Gasteiger partial charge in [-0.25, -0.2) is 0 Å². The highest BCUT2D eigenvalue weighted by molar-refractivity contribution is 8.03. The number of rotatable bonds is 2. The molecule has 0 bridgehead atoms. The molecule has 0 saturated carbocycles. The van der Waals surface area contributed by atoms with Crippen molar-refractivity contribution in [2.24, 2.45) is 0 Å². The number of benzene rings is 1. The van der Waals surface area contributed by atoms with Gasteiger partial charge >= 0.3 is 0 Å². The van der Waals surface area contributed by atoms with Crippen molar-refractivity contribution in [3.05, 3.63) is 53.1 Å². The molecule has 1 aliphatic rings. The Morgan fingerprint density at radius 2 is 2.00 bits per heavy atom. The minimum absolute atomic E-state index is 0.935. The van der Waals surface area contributed by atoms with Crippen LogP contribution in [0.5, 0.6) is 0 Å². The molecule has 1 nitrogen and oxygen atoms in total. The molecule has 0 atom stereocenters. The average Bonchev–Trinajstić information content (AvgIpc) is 2.23. The quantitative estimate of drug-likeness (QED) is 0.792. The monoisotopic (exact) mass is 203 g/mol. The number of hydrogen-bond acceptors (Lipinski definition) is 2. The van der Waals surface area contributed by atoms with Gasteiger partial charge in [0.05, 0.1) is 0 Å². The van der Waals surface area contributed by atoms with Crippen molar-refractivity contribution in [3.63, 3.8) is 0 Å². The van der Waals surface area contributed by atoms with Crippen LogP contribution in [-0.4, -0.2) is 6.54 Å². The summed E-state index contributed by atoms with van der Waals surface area (Å²) >= 11 is 1.81. The fourth-order valence-electron chi connectivity index (χ4n) is 1.25. The summed E-state index contributed by atoms with van der Waals surface area (Å²) in [5.41, 5.74) is 1.31. The minimum Gasteiger partial charge on any atom is -0.387 e. The van der Waals surface area contributed by atoms with Gasteiger partial charge in [0.1, 0.15) is 0 Å². The molecule has 2 heteroatoms. The highest BCUT2D eigenvalue weighted by Crippen LogP contribution is 2.27. The smallest absolute Gasteiger partial charge is 0.0339 e. The highest BCUT2D eigenvalue weighted by atomic mass is 32.2. The van der Waals surface area contributed by atoms with Crippen molar-refractivity contribution in [1.29, 1.82) is 0 Å². The topological polar surface area (TPSA) is 12.0 Å². The van der Waals surface area contributed by atoms with E-state index in [2.05, 4.69) is 48.7 Å². The summed E-state index contributed by atoms with van der Waals surface area (Å²) in [6, 6.07) is 8.62. The zero-order chi connectivity index (χ0) is 9.80. The highest BCUT2D eigenvalue weighted by Gasteiger charge is 1.99. The van der Waals surface area contributed by atoms with Gasteiger partial charge in [0, 0.05) is 16.3 Å². The van der Waals surface area contributed by atoms with E-state index in [-0.39, 0.29) is 0 Å². The first-order chi connectivity index (χ1) is 6.84. The number of thioether (sulfide) groups is 1. The fraction of sp³-hybridized carbons (Fsp3) is 0.167. The molecule has 0 saturated heterocycles. The molecule has 14 heavy (non-hydrogen) atoms. The summed E-state index contributed by atoms with van der Waals surface area (Å²) < 4.78 is 0. The number of aryl methyl sites for hydroxylation is 1. The summed E-state index contributed by atoms with van der Waals surface area (Å²) in [5, 5.41) is 3.14. The summed E-state index contributed by atoms with van der Waals surface area (Å²) in [6.07, 6.45) is 6.30. The standard InChI is InChI=1S/C12H13NS/c1-10-2-4-11(5-3-10)14-12-6-8-13-9-7-12/h2-8,13H,9H2,1H3. The molecule has 1 heterocycles. The van der Waals surface area contributed by atoms with Gasteiger partial charge in [-0.05, 0) is 31.3 Å². The molecule has 1 aliphatic heterocycles. The second-order valence-electron chi connectivity index (χ2n) is 3.26. The zero-order valence-corrected chi connectivity index (χ0v) is 8.97. The molecule has 72 valence electrons. The lowest BCUT2D eigenvalue weighted by Crippen LogP contribution is -2.07. The first-order valence-corrected chi connectivity index (χ1v) is 5.51. The average molecular weight is 203 g/mol. The second-order valence-corrected chi connectivity index (χ2v) is 4.41. The van der Waals surface area contributed by atoms with E-state index in [4.69, 9.17) is 0 Å².